The van der Waals surface area contributed by atoms with Crippen molar-refractivity contribution in [2.45, 2.75) is 11.4 Å². The van der Waals surface area contributed by atoms with Crippen LogP contribution in [0.25, 0.3) is 0 Å². The maximum Gasteiger partial charge on any atom is 0.242 e. The lowest BCUT2D eigenvalue weighted by Crippen LogP contribution is -2.23. The molecule has 0 amide bonds. The first kappa shape index (κ1) is 13.8. The molecule has 1 N–H and O–H groups in total. The Morgan fingerprint density at radius 2 is 2.00 bits per heavy atom. The van der Waals surface area contributed by atoms with Crippen molar-refractivity contribution >= 4 is 41.9 Å². The summed E-state index contributed by atoms with van der Waals surface area (Å²) < 4.78 is 33.0. The monoisotopic (exact) mass is 393 g/mol. The molecule has 18 heavy (non-hydrogen) atoms. The molecule has 1 aromatic carbocycles. The second kappa shape index (κ2) is 5.56. The first-order valence-corrected chi connectivity index (χ1v) is 8.03. The minimum atomic E-state index is -3.56. The average Bonchev–Trinajstić information content (AvgIpc) is 2.78. The Hall–Kier alpha value is -0.630. The molecular formula is C11H9Br2NO3S. The second-order valence-corrected chi connectivity index (χ2v) is 6.98. The Kier molecular flexibility index (Phi) is 4.26. The van der Waals surface area contributed by atoms with Gasteiger partial charge in [-0.15, -0.1) is 0 Å². The van der Waals surface area contributed by atoms with Gasteiger partial charge in [0.15, 0.2) is 0 Å². The quantitative estimate of drug-likeness (QED) is 0.865. The molecule has 0 aliphatic heterocycles. The van der Waals surface area contributed by atoms with Crippen LogP contribution >= 0.6 is 31.9 Å². The summed E-state index contributed by atoms with van der Waals surface area (Å²) in [7, 11) is -3.56. The van der Waals surface area contributed by atoms with Crippen LogP contribution in [0.2, 0.25) is 0 Å². The average molecular weight is 395 g/mol. The van der Waals surface area contributed by atoms with Gasteiger partial charge < -0.3 is 4.42 Å². The third kappa shape index (κ3) is 3.23. The van der Waals surface area contributed by atoms with E-state index in [9.17, 15) is 8.42 Å². The molecule has 0 saturated heterocycles. The molecule has 0 aliphatic carbocycles. The van der Waals surface area contributed by atoms with Gasteiger partial charge in [0.25, 0.3) is 0 Å². The van der Waals surface area contributed by atoms with Crippen molar-refractivity contribution in [1.29, 1.82) is 0 Å². The topological polar surface area (TPSA) is 59.3 Å². The summed E-state index contributed by atoms with van der Waals surface area (Å²) >= 11 is 6.50. The molecule has 0 fully saturated rings. The van der Waals surface area contributed by atoms with Gasteiger partial charge in [0, 0.05) is 8.95 Å². The van der Waals surface area contributed by atoms with Crippen molar-refractivity contribution in [3.05, 3.63) is 51.3 Å². The van der Waals surface area contributed by atoms with E-state index in [0.29, 0.717) is 10.2 Å². The summed E-state index contributed by atoms with van der Waals surface area (Å²) in [6.07, 6.45) is 1.50. The van der Waals surface area contributed by atoms with Crippen LogP contribution in [0.15, 0.2) is 54.9 Å². The van der Waals surface area contributed by atoms with E-state index in [1.807, 2.05) is 0 Å². The van der Waals surface area contributed by atoms with Crippen LogP contribution < -0.4 is 4.72 Å². The summed E-state index contributed by atoms with van der Waals surface area (Å²) in [5.74, 6) is 0.562. The third-order valence-electron chi connectivity index (χ3n) is 2.20. The lowest BCUT2D eigenvalue weighted by molar-refractivity contribution is 0.498. The molecule has 2 rings (SSSR count). The van der Waals surface area contributed by atoms with Gasteiger partial charge in [0.05, 0.1) is 17.7 Å². The molecule has 0 spiro atoms. The number of benzene rings is 1. The summed E-state index contributed by atoms with van der Waals surface area (Å²) in [6.45, 7) is 0.123. The van der Waals surface area contributed by atoms with Gasteiger partial charge in [-0.3, -0.25) is 0 Å². The molecule has 2 aromatic rings. The standard InChI is InChI=1S/C11H9Br2NO3S/c12-8-3-4-11(10(13)6-8)18(15,16)14-7-9-2-1-5-17-9/h1-6,14H,7H2. The number of nitrogens with one attached hydrogen (secondary N) is 1. The summed E-state index contributed by atoms with van der Waals surface area (Å²) in [6, 6.07) is 8.30. The van der Waals surface area contributed by atoms with Crippen LogP contribution in [-0.4, -0.2) is 8.42 Å². The van der Waals surface area contributed by atoms with E-state index in [1.54, 1.807) is 24.3 Å². The lowest BCUT2D eigenvalue weighted by atomic mass is 10.4. The predicted octanol–water partition coefficient (Wildman–Crippen LogP) is 3.28. The zero-order valence-corrected chi connectivity index (χ0v) is 13.0. The Morgan fingerprint density at radius 3 is 2.61 bits per heavy atom. The van der Waals surface area contributed by atoms with Crippen LogP contribution in [0.3, 0.4) is 0 Å². The highest BCUT2D eigenvalue weighted by Crippen LogP contribution is 2.25. The highest BCUT2D eigenvalue weighted by molar-refractivity contribution is 9.11. The third-order valence-corrected chi connectivity index (χ3v) is 5.07. The minimum absolute atomic E-state index is 0.123. The molecule has 0 bridgehead atoms. The minimum Gasteiger partial charge on any atom is -0.468 e. The Labute approximate surface area is 122 Å². The van der Waals surface area contributed by atoms with E-state index in [4.69, 9.17) is 4.42 Å². The molecule has 0 radical (unpaired) electrons. The number of halogens is 2. The molecule has 0 atom stereocenters. The molecule has 0 unspecified atom stereocenters. The number of hydrogen-bond acceptors (Lipinski definition) is 3. The van der Waals surface area contributed by atoms with Gasteiger partial charge in [-0.1, -0.05) is 15.9 Å². The van der Waals surface area contributed by atoms with Gasteiger partial charge >= 0.3 is 0 Å². The summed E-state index contributed by atoms with van der Waals surface area (Å²) in [4.78, 5) is 0.192. The fourth-order valence-corrected chi connectivity index (χ4v) is 4.09. The lowest BCUT2D eigenvalue weighted by Gasteiger charge is -2.07. The van der Waals surface area contributed by atoms with Crippen LogP contribution in [0.4, 0.5) is 0 Å². The molecular weight excluding hydrogens is 386 g/mol. The van der Waals surface area contributed by atoms with E-state index in [2.05, 4.69) is 36.6 Å². The number of rotatable bonds is 4. The fraction of sp³-hybridized carbons (Fsp3) is 0.0909. The second-order valence-electron chi connectivity index (χ2n) is 3.48. The Bertz CT molecular complexity index is 638. The smallest absolute Gasteiger partial charge is 0.242 e. The van der Waals surface area contributed by atoms with E-state index in [1.165, 1.54) is 12.3 Å². The highest BCUT2D eigenvalue weighted by atomic mass is 79.9. The predicted molar refractivity (Wildman–Crippen MR) is 74.6 cm³/mol. The molecule has 0 aliphatic rings. The zero-order chi connectivity index (χ0) is 13.2. The molecule has 1 heterocycles. The van der Waals surface area contributed by atoms with Crippen LogP contribution in [0.5, 0.6) is 0 Å². The first-order valence-electron chi connectivity index (χ1n) is 4.96. The van der Waals surface area contributed by atoms with Crippen LogP contribution in [-0.2, 0) is 16.6 Å². The van der Waals surface area contributed by atoms with E-state index >= 15 is 0 Å². The van der Waals surface area contributed by atoms with Gasteiger partial charge in [-0.25, -0.2) is 13.1 Å². The zero-order valence-electron chi connectivity index (χ0n) is 9.06. The van der Waals surface area contributed by atoms with E-state index < -0.39 is 10.0 Å². The van der Waals surface area contributed by atoms with Crippen molar-refractivity contribution in [2.24, 2.45) is 0 Å². The Morgan fingerprint density at radius 1 is 1.22 bits per heavy atom. The Balaban J connectivity index is 2.20. The summed E-state index contributed by atoms with van der Waals surface area (Å²) in [5, 5.41) is 0. The fourth-order valence-electron chi connectivity index (χ4n) is 1.35. The van der Waals surface area contributed by atoms with Crippen molar-refractivity contribution in [2.75, 3.05) is 0 Å². The first-order chi connectivity index (χ1) is 8.49. The van der Waals surface area contributed by atoms with Gasteiger partial charge in [-0.2, -0.15) is 0 Å². The molecule has 7 heteroatoms. The van der Waals surface area contributed by atoms with Crippen molar-refractivity contribution in [3.63, 3.8) is 0 Å². The van der Waals surface area contributed by atoms with E-state index in [0.717, 1.165) is 4.47 Å². The number of furan rings is 1. The maximum absolute atomic E-state index is 12.1. The maximum atomic E-state index is 12.1. The van der Waals surface area contributed by atoms with E-state index in [-0.39, 0.29) is 11.4 Å². The van der Waals surface area contributed by atoms with Crippen molar-refractivity contribution < 1.29 is 12.8 Å². The van der Waals surface area contributed by atoms with Crippen LogP contribution in [0, 0.1) is 0 Å². The number of hydrogen-bond donors (Lipinski definition) is 1. The molecule has 4 nitrogen and oxygen atoms in total. The largest absolute Gasteiger partial charge is 0.468 e. The molecule has 96 valence electrons. The normalized spacial score (nSPS) is 11.7. The van der Waals surface area contributed by atoms with Gasteiger partial charge in [0.1, 0.15) is 5.76 Å². The van der Waals surface area contributed by atoms with Gasteiger partial charge in [-0.05, 0) is 46.3 Å². The van der Waals surface area contributed by atoms with Crippen LogP contribution in [0.1, 0.15) is 5.76 Å². The number of sulfonamides is 1. The van der Waals surface area contributed by atoms with Crippen molar-refractivity contribution in [3.8, 4) is 0 Å². The van der Waals surface area contributed by atoms with Crippen molar-refractivity contribution in [1.82, 2.24) is 4.72 Å². The SMILES string of the molecule is O=S(=O)(NCc1ccco1)c1ccc(Br)cc1Br. The van der Waals surface area contributed by atoms with Gasteiger partial charge in [0.2, 0.25) is 10.0 Å². The molecule has 0 saturated carbocycles. The summed E-state index contributed by atoms with van der Waals surface area (Å²) in [5.41, 5.74) is 0. The highest BCUT2D eigenvalue weighted by Gasteiger charge is 2.17. The molecule has 1 aromatic heterocycles.